The lowest BCUT2D eigenvalue weighted by atomic mass is 10.1. The van der Waals surface area contributed by atoms with E-state index >= 15 is 0 Å². The first-order chi connectivity index (χ1) is 10.0. The molecular weight excluding hydrogens is 338 g/mol. The second-order valence-corrected chi connectivity index (χ2v) is 5.92. The van der Waals surface area contributed by atoms with E-state index in [1.165, 1.54) is 6.07 Å². The fourth-order valence-electron chi connectivity index (χ4n) is 2.40. The van der Waals surface area contributed by atoms with E-state index in [1.54, 1.807) is 24.0 Å². The van der Waals surface area contributed by atoms with E-state index in [0.717, 1.165) is 32.4 Å². The molecule has 6 heteroatoms. The van der Waals surface area contributed by atoms with Crippen LogP contribution in [-0.4, -0.2) is 41.1 Å². The highest BCUT2D eigenvalue weighted by atomic mass is 79.9. The van der Waals surface area contributed by atoms with Crippen molar-refractivity contribution >= 4 is 27.8 Å². The van der Waals surface area contributed by atoms with Crippen LogP contribution in [0.4, 0.5) is 0 Å². The number of carbonyl (C=O) groups is 2. The van der Waals surface area contributed by atoms with Crippen LogP contribution in [0.5, 0.6) is 5.75 Å². The highest BCUT2D eigenvalue weighted by Gasteiger charge is 2.25. The number of nitrogens with zero attached hydrogens (tertiary/aromatic N) is 1. The van der Waals surface area contributed by atoms with E-state index in [-0.39, 0.29) is 17.2 Å². The fourth-order valence-corrected chi connectivity index (χ4v) is 2.86. The van der Waals surface area contributed by atoms with Gasteiger partial charge in [-0.3, -0.25) is 4.79 Å². The van der Waals surface area contributed by atoms with Gasteiger partial charge in [-0.1, -0.05) is 6.07 Å². The number of hydrogen-bond acceptors (Lipinski definition) is 3. The largest absolute Gasteiger partial charge is 0.479 e. The van der Waals surface area contributed by atoms with Crippen molar-refractivity contribution in [2.75, 3.05) is 13.1 Å². The molecule has 1 unspecified atom stereocenters. The molecule has 2 rings (SSSR count). The predicted molar refractivity (Wildman–Crippen MR) is 81.6 cm³/mol. The summed E-state index contributed by atoms with van der Waals surface area (Å²) >= 11 is 3.28. The Balaban J connectivity index is 2.13. The van der Waals surface area contributed by atoms with E-state index in [2.05, 4.69) is 15.9 Å². The van der Waals surface area contributed by atoms with Crippen LogP contribution < -0.4 is 4.74 Å². The molecule has 1 amide bonds. The van der Waals surface area contributed by atoms with Crippen molar-refractivity contribution in [1.29, 1.82) is 0 Å². The van der Waals surface area contributed by atoms with Crippen LogP contribution in [0.1, 0.15) is 36.5 Å². The van der Waals surface area contributed by atoms with Gasteiger partial charge >= 0.3 is 5.97 Å². The quantitative estimate of drug-likeness (QED) is 0.901. The Kier molecular flexibility index (Phi) is 5.22. The van der Waals surface area contributed by atoms with Crippen molar-refractivity contribution in [2.24, 2.45) is 0 Å². The number of rotatable bonds is 4. The Morgan fingerprint density at radius 1 is 1.29 bits per heavy atom. The maximum atomic E-state index is 12.3. The fraction of sp³-hybridized carbons (Fsp3) is 0.467. The Labute approximate surface area is 132 Å². The zero-order valence-electron chi connectivity index (χ0n) is 11.8. The van der Waals surface area contributed by atoms with Gasteiger partial charge in [0.05, 0.1) is 4.47 Å². The Morgan fingerprint density at radius 3 is 2.57 bits per heavy atom. The smallest absolute Gasteiger partial charge is 0.339 e. The van der Waals surface area contributed by atoms with Gasteiger partial charge in [0.2, 0.25) is 0 Å². The van der Waals surface area contributed by atoms with Gasteiger partial charge in [-0.25, -0.2) is 4.79 Å². The molecule has 114 valence electrons. The molecule has 1 saturated heterocycles. The molecule has 1 fully saturated rings. The van der Waals surface area contributed by atoms with Gasteiger partial charge in [0, 0.05) is 13.1 Å². The van der Waals surface area contributed by atoms with Crippen molar-refractivity contribution in [2.45, 2.75) is 32.3 Å². The number of halogens is 1. The van der Waals surface area contributed by atoms with E-state index < -0.39 is 12.1 Å². The van der Waals surface area contributed by atoms with Crippen molar-refractivity contribution < 1.29 is 19.4 Å². The van der Waals surface area contributed by atoms with E-state index in [0.29, 0.717) is 4.47 Å². The van der Waals surface area contributed by atoms with Crippen molar-refractivity contribution in [3.63, 3.8) is 0 Å². The highest BCUT2D eigenvalue weighted by Crippen LogP contribution is 2.30. The molecule has 0 aromatic heterocycles. The van der Waals surface area contributed by atoms with Gasteiger partial charge in [-0.2, -0.15) is 0 Å². The molecule has 0 aliphatic carbocycles. The van der Waals surface area contributed by atoms with Crippen LogP contribution in [0, 0.1) is 0 Å². The minimum Gasteiger partial charge on any atom is -0.479 e. The minimum atomic E-state index is -1.08. The lowest BCUT2D eigenvalue weighted by Gasteiger charge is -2.29. The Morgan fingerprint density at radius 2 is 1.95 bits per heavy atom. The lowest BCUT2D eigenvalue weighted by Crippen LogP contribution is -2.43. The summed E-state index contributed by atoms with van der Waals surface area (Å²) in [7, 11) is 0. The number of ether oxygens (including phenoxy) is 1. The number of carbonyl (C=O) groups excluding carboxylic acids is 1. The van der Waals surface area contributed by atoms with Gasteiger partial charge in [-0.15, -0.1) is 0 Å². The summed E-state index contributed by atoms with van der Waals surface area (Å²) in [5.41, 5.74) is 0.0441. The van der Waals surface area contributed by atoms with Crippen LogP contribution in [0.25, 0.3) is 0 Å². The highest BCUT2D eigenvalue weighted by molar-refractivity contribution is 9.10. The molecule has 1 N–H and O–H groups in total. The van der Waals surface area contributed by atoms with Gasteiger partial charge in [-0.05, 0) is 54.2 Å². The molecule has 1 heterocycles. The van der Waals surface area contributed by atoms with E-state index in [9.17, 15) is 14.7 Å². The molecule has 1 aromatic rings. The number of carboxylic acids is 1. The predicted octanol–water partition coefficient (Wildman–Crippen LogP) is 2.93. The summed E-state index contributed by atoms with van der Waals surface area (Å²) in [6, 6.07) is 4.78. The summed E-state index contributed by atoms with van der Waals surface area (Å²) in [5.74, 6) is -0.978. The summed E-state index contributed by atoms with van der Waals surface area (Å²) in [6.07, 6.45) is 2.45. The monoisotopic (exact) mass is 355 g/mol. The summed E-state index contributed by atoms with van der Waals surface area (Å²) in [5, 5.41) is 9.19. The number of benzene rings is 1. The number of piperidine rings is 1. The second-order valence-electron chi connectivity index (χ2n) is 5.07. The molecule has 21 heavy (non-hydrogen) atoms. The van der Waals surface area contributed by atoms with Crippen LogP contribution in [0.2, 0.25) is 0 Å². The number of aromatic carboxylic acids is 1. The first-order valence-electron chi connectivity index (χ1n) is 6.98. The van der Waals surface area contributed by atoms with Crippen LogP contribution in [-0.2, 0) is 4.79 Å². The molecular formula is C15H18BrNO4. The molecule has 0 radical (unpaired) electrons. The zero-order chi connectivity index (χ0) is 15.4. The van der Waals surface area contributed by atoms with Crippen molar-refractivity contribution in [3.8, 4) is 5.75 Å². The van der Waals surface area contributed by atoms with Gasteiger partial charge < -0.3 is 14.7 Å². The standard InChI is InChI=1S/C15H18BrNO4/c1-10(14(18)17-8-3-2-4-9-17)21-13-11(15(19)20)6-5-7-12(13)16/h5-7,10H,2-4,8-9H2,1H3,(H,19,20). The molecule has 0 spiro atoms. The molecule has 5 nitrogen and oxygen atoms in total. The molecule has 0 saturated carbocycles. The maximum absolute atomic E-state index is 12.3. The number of carboxylic acid groups (broad SMARTS) is 1. The maximum Gasteiger partial charge on any atom is 0.339 e. The third-order valence-corrected chi connectivity index (χ3v) is 4.13. The lowest BCUT2D eigenvalue weighted by molar-refractivity contribution is -0.138. The van der Waals surface area contributed by atoms with Crippen LogP contribution in [0.15, 0.2) is 22.7 Å². The van der Waals surface area contributed by atoms with Crippen molar-refractivity contribution in [3.05, 3.63) is 28.2 Å². The molecule has 1 aromatic carbocycles. The average molecular weight is 356 g/mol. The normalized spacial score (nSPS) is 16.4. The topological polar surface area (TPSA) is 66.8 Å². The number of para-hydroxylation sites is 1. The summed E-state index contributed by atoms with van der Waals surface area (Å²) in [4.78, 5) is 25.3. The average Bonchev–Trinajstić information content (AvgIpc) is 2.49. The third kappa shape index (κ3) is 3.75. The molecule has 1 aliphatic heterocycles. The molecule has 1 atom stereocenters. The Bertz CT molecular complexity index is 540. The van der Waals surface area contributed by atoms with Gasteiger partial charge in [0.1, 0.15) is 11.3 Å². The molecule has 0 bridgehead atoms. The summed E-state index contributed by atoms with van der Waals surface area (Å²) < 4.78 is 6.16. The number of hydrogen-bond donors (Lipinski definition) is 1. The number of amides is 1. The molecule has 1 aliphatic rings. The Hall–Kier alpha value is -1.56. The van der Waals surface area contributed by atoms with Crippen LogP contribution in [0.3, 0.4) is 0 Å². The third-order valence-electron chi connectivity index (χ3n) is 3.51. The SMILES string of the molecule is CC(Oc1c(Br)cccc1C(=O)O)C(=O)N1CCCCC1. The van der Waals surface area contributed by atoms with E-state index in [4.69, 9.17) is 4.74 Å². The summed E-state index contributed by atoms with van der Waals surface area (Å²) in [6.45, 7) is 3.14. The number of likely N-dealkylation sites (tertiary alicyclic amines) is 1. The van der Waals surface area contributed by atoms with Gasteiger partial charge in [0.15, 0.2) is 6.10 Å². The minimum absolute atomic E-state index is 0.0441. The second kappa shape index (κ2) is 6.93. The first-order valence-corrected chi connectivity index (χ1v) is 7.77. The van der Waals surface area contributed by atoms with Gasteiger partial charge in [0.25, 0.3) is 5.91 Å². The zero-order valence-corrected chi connectivity index (χ0v) is 13.4. The van der Waals surface area contributed by atoms with Crippen molar-refractivity contribution in [1.82, 2.24) is 4.90 Å². The first kappa shape index (κ1) is 15.8. The van der Waals surface area contributed by atoms with E-state index in [1.807, 2.05) is 0 Å². The van der Waals surface area contributed by atoms with Crippen LogP contribution >= 0.6 is 15.9 Å².